The number of piperidine rings is 1. The molecule has 4 heteroatoms. The number of thiazole rings is 1. The van der Waals surface area contributed by atoms with Crippen LogP contribution in [0.25, 0.3) is 0 Å². The summed E-state index contributed by atoms with van der Waals surface area (Å²) in [4.78, 5) is 8.85. The topological polar surface area (TPSA) is 28.2 Å². The van der Waals surface area contributed by atoms with Crippen molar-refractivity contribution in [2.75, 3.05) is 19.6 Å². The maximum Gasteiger partial charge on any atom is 0.107 e. The van der Waals surface area contributed by atoms with E-state index >= 15 is 0 Å². The van der Waals surface area contributed by atoms with Crippen LogP contribution in [0.15, 0.2) is 0 Å². The lowest BCUT2D eigenvalue weighted by Crippen LogP contribution is -2.33. The van der Waals surface area contributed by atoms with E-state index in [0.717, 1.165) is 32.0 Å². The molecule has 2 heterocycles. The number of likely N-dealkylation sites (tertiary alicyclic amines) is 1. The van der Waals surface area contributed by atoms with Crippen molar-refractivity contribution in [1.29, 1.82) is 0 Å². The van der Waals surface area contributed by atoms with E-state index < -0.39 is 0 Å². The fraction of sp³-hybridized carbons (Fsp3) is 0.800. The lowest BCUT2D eigenvalue weighted by molar-refractivity contribution is 0.176. The Morgan fingerprint density at radius 3 is 2.95 bits per heavy atom. The van der Waals surface area contributed by atoms with Crippen LogP contribution in [0.4, 0.5) is 0 Å². The molecular formula is C15H27N3S. The molecule has 0 aliphatic carbocycles. The quantitative estimate of drug-likeness (QED) is 0.868. The maximum atomic E-state index is 4.84. The summed E-state index contributed by atoms with van der Waals surface area (Å²) in [6.45, 7) is 12.3. The first kappa shape index (κ1) is 14.9. The fourth-order valence-electron chi connectivity index (χ4n) is 2.78. The Hall–Kier alpha value is -0.450. The zero-order valence-electron chi connectivity index (χ0n) is 12.5. The minimum atomic E-state index is 0.848. The van der Waals surface area contributed by atoms with Gasteiger partial charge in [0.05, 0.1) is 12.2 Å². The van der Waals surface area contributed by atoms with Crippen molar-refractivity contribution >= 4 is 11.3 Å². The van der Waals surface area contributed by atoms with Crippen molar-refractivity contribution in [2.45, 2.75) is 53.1 Å². The number of aromatic nitrogens is 1. The molecule has 0 radical (unpaired) electrons. The van der Waals surface area contributed by atoms with Gasteiger partial charge in [0, 0.05) is 18.0 Å². The third kappa shape index (κ3) is 4.26. The van der Waals surface area contributed by atoms with E-state index in [4.69, 9.17) is 4.98 Å². The van der Waals surface area contributed by atoms with Gasteiger partial charge in [0.2, 0.25) is 0 Å². The first-order chi connectivity index (χ1) is 9.22. The second kappa shape index (κ2) is 7.36. The Bertz CT molecular complexity index is 389. The third-order valence-electron chi connectivity index (χ3n) is 3.79. The average Bonchev–Trinajstić information content (AvgIpc) is 2.78. The molecule has 0 amide bonds. The van der Waals surface area contributed by atoms with E-state index in [1.807, 2.05) is 11.3 Å². The van der Waals surface area contributed by atoms with Crippen LogP contribution in [0.1, 0.15) is 49.2 Å². The van der Waals surface area contributed by atoms with E-state index in [2.05, 4.69) is 31.0 Å². The zero-order valence-corrected chi connectivity index (χ0v) is 13.4. The molecular weight excluding hydrogens is 254 g/mol. The second-order valence-electron chi connectivity index (χ2n) is 5.59. The Balaban J connectivity index is 1.97. The Morgan fingerprint density at radius 1 is 1.42 bits per heavy atom. The summed E-state index contributed by atoms with van der Waals surface area (Å²) in [6.07, 6.45) is 3.78. The van der Waals surface area contributed by atoms with Crippen molar-refractivity contribution in [3.63, 3.8) is 0 Å². The summed E-state index contributed by atoms with van der Waals surface area (Å²) >= 11 is 1.90. The van der Waals surface area contributed by atoms with Gasteiger partial charge in [-0.3, -0.25) is 4.90 Å². The lowest BCUT2D eigenvalue weighted by atomic mass is 10.0. The molecule has 0 bridgehead atoms. The number of aryl methyl sites for hydroxylation is 1. The van der Waals surface area contributed by atoms with E-state index in [9.17, 15) is 0 Å². The molecule has 1 atom stereocenters. The molecule has 1 unspecified atom stereocenters. The molecule has 1 aliphatic rings. The third-order valence-corrected chi connectivity index (χ3v) is 4.88. The van der Waals surface area contributed by atoms with Gasteiger partial charge < -0.3 is 5.32 Å². The predicted octanol–water partition coefficient (Wildman–Crippen LogP) is 3.05. The zero-order chi connectivity index (χ0) is 13.7. The number of nitrogens with one attached hydrogen (secondary N) is 1. The van der Waals surface area contributed by atoms with Crippen molar-refractivity contribution in [2.24, 2.45) is 5.92 Å². The Kier molecular flexibility index (Phi) is 5.79. The summed E-state index contributed by atoms with van der Waals surface area (Å²) in [5.74, 6) is 0.848. The van der Waals surface area contributed by atoms with Crippen LogP contribution >= 0.6 is 11.3 Å². The van der Waals surface area contributed by atoms with Crippen LogP contribution in [0.2, 0.25) is 0 Å². The van der Waals surface area contributed by atoms with Crippen LogP contribution in [-0.2, 0) is 19.5 Å². The van der Waals surface area contributed by atoms with Crippen molar-refractivity contribution in [3.8, 4) is 0 Å². The Morgan fingerprint density at radius 2 is 2.26 bits per heavy atom. The molecule has 108 valence electrons. The van der Waals surface area contributed by atoms with Crippen molar-refractivity contribution in [1.82, 2.24) is 15.2 Å². The Labute approximate surface area is 121 Å². The van der Waals surface area contributed by atoms with Gasteiger partial charge in [-0.05, 0) is 38.3 Å². The van der Waals surface area contributed by atoms with Crippen LogP contribution in [0.5, 0.6) is 0 Å². The average molecular weight is 281 g/mol. The van der Waals surface area contributed by atoms with Gasteiger partial charge >= 0.3 is 0 Å². The minimum Gasteiger partial charge on any atom is -0.312 e. The van der Waals surface area contributed by atoms with Crippen molar-refractivity contribution < 1.29 is 0 Å². The standard InChI is InChI=1S/C15H27N3S/c1-4-13-14(9-16-5-2)19-15(17-13)11-18-8-6-7-12(3)10-18/h12,16H,4-11H2,1-3H3. The number of hydrogen-bond donors (Lipinski definition) is 1. The number of rotatable bonds is 6. The van der Waals surface area contributed by atoms with E-state index in [1.54, 1.807) is 0 Å². The lowest BCUT2D eigenvalue weighted by Gasteiger charge is -2.29. The molecule has 1 fully saturated rings. The van der Waals surface area contributed by atoms with Crippen LogP contribution in [-0.4, -0.2) is 29.5 Å². The van der Waals surface area contributed by atoms with E-state index in [0.29, 0.717) is 0 Å². The highest BCUT2D eigenvalue weighted by molar-refractivity contribution is 7.11. The molecule has 3 nitrogen and oxygen atoms in total. The number of nitrogens with zero attached hydrogens (tertiary/aromatic N) is 2. The maximum absolute atomic E-state index is 4.84. The molecule has 1 aromatic heterocycles. The highest BCUT2D eigenvalue weighted by atomic mass is 32.1. The molecule has 19 heavy (non-hydrogen) atoms. The molecule has 0 aromatic carbocycles. The number of hydrogen-bond acceptors (Lipinski definition) is 4. The SMILES string of the molecule is CCNCc1sc(CN2CCCC(C)C2)nc1CC. The molecule has 1 saturated heterocycles. The highest BCUT2D eigenvalue weighted by Gasteiger charge is 2.18. The van der Waals surface area contributed by atoms with Gasteiger partial charge in [-0.2, -0.15) is 0 Å². The van der Waals surface area contributed by atoms with Crippen molar-refractivity contribution in [3.05, 3.63) is 15.6 Å². The van der Waals surface area contributed by atoms with Crippen LogP contribution in [0, 0.1) is 5.92 Å². The van der Waals surface area contributed by atoms with Crippen LogP contribution < -0.4 is 5.32 Å². The summed E-state index contributed by atoms with van der Waals surface area (Å²) < 4.78 is 0. The molecule has 1 aliphatic heterocycles. The summed E-state index contributed by atoms with van der Waals surface area (Å²) in [5.41, 5.74) is 1.30. The molecule has 0 spiro atoms. The monoisotopic (exact) mass is 281 g/mol. The smallest absolute Gasteiger partial charge is 0.107 e. The van der Waals surface area contributed by atoms with Gasteiger partial charge in [0.15, 0.2) is 0 Å². The van der Waals surface area contributed by atoms with E-state index in [1.165, 1.54) is 41.5 Å². The summed E-state index contributed by atoms with van der Waals surface area (Å²) in [5, 5.41) is 4.72. The van der Waals surface area contributed by atoms with Gasteiger partial charge in [0.1, 0.15) is 5.01 Å². The molecule has 0 saturated carbocycles. The molecule has 1 N–H and O–H groups in total. The normalized spacial score (nSPS) is 20.9. The fourth-order valence-corrected chi connectivity index (χ4v) is 3.95. The highest BCUT2D eigenvalue weighted by Crippen LogP contribution is 2.23. The summed E-state index contributed by atoms with van der Waals surface area (Å²) in [6, 6.07) is 0. The van der Waals surface area contributed by atoms with Gasteiger partial charge in [-0.1, -0.05) is 20.8 Å². The van der Waals surface area contributed by atoms with Crippen LogP contribution in [0.3, 0.4) is 0 Å². The summed E-state index contributed by atoms with van der Waals surface area (Å²) in [7, 11) is 0. The van der Waals surface area contributed by atoms with Gasteiger partial charge in [-0.15, -0.1) is 11.3 Å². The predicted molar refractivity (Wildman–Crippen MR) is 82.5 cm³/mol. The largest absolute Gasteiger partial charge is 0.312 e. The molecule has 1 aromatic rings. The van der Waals surface area contributed by atoms with E-state index in [-0.39, 0.29) is 0 Å². The first-order valence-electron chi connectivity index (χ1n) is 7.63. The molecule has 2 rings (SSSR count). The minimum absolute atomic E-state index is 0.848. The van der Waals surface area contributed by atoms with Gasteiger partial charge in [-0.25, -0.2) is 4.98 Å². The second-order valence-corrected chi connectivity index (χ2v) is 6.76. The first-order valence-corrected chi connectivity index (χ1v) is 8.45. The van der Waals surface area contributed by atoms with Gasteiger partial charge in [0.25, 0.3) is 0 Å².